The maximum absolute atomic E-state index is 5.37. The van der Waals surface area contributed by atoms with E-state index < -0.39 is 0 Å². The standard InChI is InChI=1S/C15H19N5O2.HI/c1-16-15(18-5-7-20-6-4-17-10-20)19-9-12-2-3-13-14(8-12)22-11-21-13;/h2-4,6,8,10H,5,7,9,11H2,1H3,(H2,16,18,19);1H. The summed E-state index contributed by atoms with van der Waals surface area (Å²) >= 11 is 0. The largest absolute Gasteiger partial charge is 0.454 e. The van der Waals surface area contributed by atoms with Gasteiger partial charge in [0.2, 0.25) is 6.79 Å². The number of hydrogen-bond acceptors (Lipinski definition) is 4. The van der Waals surface area contributed by atoms with E-state index in [4.69, 9.17) is 9.47 Å². The van der Waals surface area contributed by atoms with Gasteiger partial charge in [0.1, 0.15) is 0 Å². The Hall–Kier alpha value is -1.97. The zero-order valence-corrected chi connectivity index (χ0v) is 15.2. The number of aliphatic imine (C=N–C) groups is 1. The number of hydrogen-bond donors (Lipinski definition) is 2. The van der Waals surface area contributed by atoms with Gasteiger partial charge in [-0.3, -0.25) is 4.99 Å². The molecule has 3 rings (SSSR count). The van der Waals surface area contributed by atoms with E-state index in [2.05, 4.69) is 20.6 Å². The molecule has 0 aliphatic carbocycles. The van der Waals surface area contributed by atoms with Gasteiger partial charge in [-0.1, -0.05) is 6.07 Å². The predicted octanol–water partition coefficient (Wildman–Crippen LogP) is 1.59. The molecule has 1 aliphatic heterocycles. The molecular formula is C15H20IN5O2. The van der Waals surface area contributed by atoms with Gasteiger partial charge in [0.05, 0.1) is 6.33 Å². The minimum Gasteiger partial charge on any atom is -0.454 e. The molecule has 1 aromatic carbocycles. The Morgan fingerprint density at radius 1 is 1.30 bits per heavy atom. The quantitative estimate of drug-likeness (QED) is 0.429. The maximum atomic E-state index is 5.37. The highest BCUT2D eigenvalue weighted by molar-refractivity contribution is 14.0. The molecule has 7 nitrogen and oxygen atoms in total. The Morgan fingerprint density at radius 2 is 2.17 bits per heavy atom. The number of imidazole rings is 1. The second-order valence-corrected chi connectivity index (χ2v) is 4.84. The summed E-state index contributed by atoms with van der Waals surface area (Å²) < 4.78 is 12.7. The normalized spacial score (nSPS) is 12.7. The number of benzene rings is 1. The minimum absolute atomic E-state index is 0. The molecule has 0 amide bonds. The zero-order chi connectivity index (χ0) is 15.2. The Morgan fingerprint density at radius 3 is 2.96 bits per heavy atom. The lowest BCUT2D eigenvalue weighted by atomic mass is 10.2. The zero-order valence-electron chi connectivity index (χ0n) is 12.9. The molecule has 0 radical (unpaired) electrons. The van der Waals surface area contributed by atoms with Crippen molar-refractivity contribution in [3.63, 3.8) is 0 Å². The van der Waals surface area contributed by atoms with E-state index in [1.54, 1.807) is 19.6 Å². The van der Waals surface area contributed by atoms with Crippen molar-refractivity contribution in [2.24, 2.45) is 4.99 Å². The summed E-state index contributed by atoms with van der Waals surface area (Å²) in [7, 11) is 1.76. The molecule has 8 heteroatoms. The summed E-state index contributed by atoms with van der Waals surface area (Å²) in [5.41, 5.74) is 1.11. The Balaban J connectivity index is 0.00000192. The topological polar surface area (TPSA) is 72.7 Å². The van der Waals surface area contributed by atoms with Crippen LogP contribution in [0.1, 0.15) is 5.56 Å². The van der Waals surface area contributed by atoms with E-state index >= 15 is 0 Å². The molecule has 2 heterocycles. The van der Waals surface area contributed by atoms with E-state index in [1.165, 1.54) is 0 Å². The van der Waals surface area contributed by atoms with Gasteiger partial charge >= 0.3 is 0 Å². The molecule has 23 heavy (non-hydrogen) atoms. The number of ether oxygens (including phenoxy) is 2. The summed E-state index contributed by atoms with van der Waals surface area (Å²) in [6.07, 6.45) is 5.50. The van der Waals surface area contributed by atoms with Crippen LogP contribution in [0.4, 0.5) is 0 Å². The van der Waals surface area contributed by atoms with Crippen LogP contribution in [-0.2, 0) is 13.1 Å². The van der Waals surface area contributed by atoms with Crippen molar-refractivity contribution in [1.29, 1.82) is 0 Å². The SMILES string of the molecule is CN=C(NCCn1ccnc1)NCc1ccc2c(c1)OCO2.I. The van der Waals surface area contributed by atoms with Crippen molar-refractivity contribution in [3.8, 4) is 11.5 Å². The van der Waals surface area contributed by atoms with E-state index in [0.717, 1.165) is 36.1 Å². The first-order chi connectivity index (χ1) is 10.8. The third-order valence-corrected chi connectivity index (χ3v) is 3.34. The van der Waals surface area contributed by atoms with Gasteiger partial charge in [0.15, 0.2) is 17.5 Å². The van der Waals surface area contributed by atoms with Crippen LogP contribution in [0, 0.1) is 0 Å². The molecule has 2 aromatic rings. The number of fused-ring (bicyclic) bond motifs is 1. The van der Waals surface area contributed by atoms with Gasteiger partial charge < -0.3 is 24.7 Å². The Labute approximate surface area is 152 Å². The first-order valence-corrected chi connectivity index (χ1v) is 7.14. The van der Waals surface area contributed by atoms with Gasteiger partial charge in [0, 0.05) is 39.1 Å². The summed E-state index contributed by atoms with van der Waals surface area (Å²) in [5, 5.41) is 6.54. The lowest BCUT2D eigenvalue weighted by molar-refractivity contribution is 0.174. The summed E-state index contributed by atoms with van der Waals surface area (Å²) in [4.78, 5) is 8.22. The van der Waals surface area contributed by atoms with Crippen LogP contribution in [0.15, 0.2) is 41.9 Å². The number of nitrogens with one attached hydrogen (secondary N) is 2. The molecule has 0 bridgehead atoms. The third-order valence-electron chi connectivity index (χ3n) is 3.34. The van der Waals surface area contributed by atoms with E-state index in [0.29, 0.717) is 13.3 Å². The minimum atomic E-state index is 0. The molecule has 2 N–H and O–H groups in total. The number of guanidine groups is 1. The van der Waals surface area contributed by atoms with E-state index in [9.17, 15) is 0 Å². The smallest absolute Gasteiger partial charge is 0.231 e. The van der Waals surface area contributed by atoms with Crippen molar-refractivity contribution in [1.82, 2.24) is 20.2 Å². The van der Waals surface area contributed by atoms with Crippen LogP contribution < -0.4 is 20.1 Å². The van der Waals surface area contributed by atoms with Gasteiger partial charge in [-0.15, -0.1) is 24.0 Å². The highest BCUT2D eigenvalue weighted by Crippen LogP contribution is 2.32. The van der Waals surface area contributed by atoms with Gasteiger partial charge in [-0.2, -0.15) is 0 Å². The van der Waals surface area contributed by atoms with Gasteiger partial charge in [-0.25, -0.2) is 4.98 Å². The fraction of sp³-hybridized carbons (Fsp3) is 0.333. The van der Waals surface area contributed by atoms with Crippen molar-refractivity contribution < 1.29 is 9.47 Å². The number of nitrogens with zero attached hydrogens (tertiary/aromatic N) is 3. The van der Waals surface area contributed by atoms with Crippen LogP contribution in [0.5, 0.6) is 11.5 Å². The van der Waals surface area contributed by atoms with Crippen LogP contribution in [0.3, 0.4) is 0 Å². The highest BCUT2D eigenvalue weighted by atomic mass is 127. The average Bonchev–Trinajstić information content (AvgIpc) is 3.21. The molecule has 0 atom stereocenters. The fourth-order valence-corrected chi connectivity index (χ4v) is 2.18. The summed E-state index contributed by atoms with van der Waals surface area (Å²) in [6.45, 7) is 2.58. The highest BCUT2D eigenvalue weighted by Gasteiger charge is 2.13. The summed E-state index contributed by atoms with van der Waals surface area (Å²) in [5.74, 6) is 2.35. The molecule has 0 spiro atoms. The monoisotopic (exact) mass is 429 g/mol. The average molecular weight is 429 g/mol. The number of halogens is 1. The van der Waals surface area contributed by atoms with Crippen LogP contribution in [0.2, 0.25) is 0 Å². The molecule has 124 valence electrons. The maximum Gasteiger partial charge on any atom is 0.231 e. The fourth-order valence-electron chi connectivity index (χ4n) is 2.18. The second kappa shape index (κ2) is 8.61. The molecular weight excluding hydrogens is 409 g/mol. The number of aromatic nitrogens is 2. The van der Waals surface area contributed by atoms with E-state index in [1.807, 2.05) is 29.0 Å². The lowest BCUT2D eigenvalue weighted by Gasteiger charge is -2.12. The Kier molecular flexibility index (Phi) is 6.51. The molecule has 0 saturated heterocycles. The molecule has 0 unspecified atom stereocenters. The van der Waals surface area contributed by atoms with Crippen molar-refractivity contribution >= 4 is 29.9 Å². The number of rotatable bonds is 5. The third kappa shape index (κ3) is 4.75. The first kappa shape index (κ1) is 17.4. The van der Waals surface area contributed by atoms with Crippen molar-refractivity contribution in [2.75, 3.05) is 20.4 Å². The van der Waals surface area contributed by atoms with Crippen LogP contribution in [0.25, 0.3) is 0 Å². The molecule has 1 aromatic heterocycles. The van der Waals surface area contributed by atoms with Crippen LogP contribution in [-0.4, -0.2) is 35.9 Å². The van der Waals surface area contributed by atoms with Gasteiger partial charge in [-0.05, 0) is 17.7 Å². The van der Waals surface area contributed by atoms with Crippen molar-refractivity contribution in [3.05, 3.63) is 42.5 Å². The molecule has 0 fully saturated rings. The molecule has 0 saturated carbocycles. The predicted molar refractivity (Wildman–Crippen MR) is 98.4 cm³/mol. The molecule has 1 aliphatic rings. The van der Waals surface area contributed by atoms with Gasteiger partial charge in [0.25, 0.3) is 0 Å². The Bertz CT molecular complexity index is 645. The first-order valence-electron chi connectivity index (χ1n) is 7.14. The van der Waals surface area contributed by atoms with E-state index in [-0.39, 0.29) is 24.0 Å². The summed E-state index contributed by atoms with van der Waals surface area (Å²) in [6, 6.07) is 5.92. The van der Waals surface area contributed by atoms with Crippen LogP contribution >= 0.6 is 24.0 Å². The second-order valence-electron chi connectivity index (χ2n) is 4.84. The lowest BCUT2D eigenvalue weighted by Crippen LogP contribution is -2.38. The van der Waals surface area contributed by atoms with Crippen molar-refractivity contribution in [2.45, 2.75) is 13.1 Å².